The molecule has 1 heterocycles. The topological polar surface area (TPSA) is 55.1 Å². The first-order valence-electron chi connectivity index (χ1n) is 7.25. The van der Waals surface area contributed by atoms with E-state index >= 15 is 0 Å². The number of hydrogen-bond acceptors (Lipinski definition) is 3. The molecular weight excluding hydrogens is 331 g/mol. The molecule has 0 fully saturated rings. The third-order valence-electron chi connectivity index (χ3n) is 3.64. The van der Waals surface area contributed by atoms with Crippen LogP contribution < -0.4 is 5.32 Å². The van der Waals surface area contributed by atoms with Gasteiger partial charge in [0, 0.05) is 16.3 Å². The molecule has 0 atom stereocenters. The average molecular weight is 345 g/mol. The smallest absolute Gasteiger partial charge is 0.261 e. The lowest BCUT2D eigenvalue weighted by molar-refractivity contribution is 0.102. The number of nitrogens with zero attached hydrogens (tertiary/aromatic N) is 1. The van der Waals surface area contributed by atoms with Gasteiger partial charge in [0.05, 0.1) is 0 Å². The van der Waals surface area contributed by atoms with Crippen LogP contribution in [0.5, 0.6) is 0 Å². The first-order valence-corrected chi connectivity index (χ1v) is 7.63. The summed E-state index contributed by atoms with van der Waals surface area (Å²) in [5.41, 5.74) is 2.76. The summed E-state index contributed by atoms with van der Waals surface area (Å²) in [6.45, 7) is 3.53. The Morgan fingerprint density at radius 1 is 1.17 bits per heavy atom. The van der Waals surface area contributed by atoms with Crippen molar-refractivity contribution in [2.24, 2.45) is 0 Å². The zero-order valence-electron chi connectivity index (χ0n) is 13.1. The van der Waals surface area contributed by atoms with Crippen molar-refractivity contribution in [2.75, 3.05) is 5.32 Å². The van der Waals surface area contributed by atoms with Crippen molar-refractivity contribution in [1.29, 1.82) is 0 Å². The Balaban J connectivity index is 1.94. The highest BCUT2D eigenvalue weighted by Gasteiger charge is 2.22. The minimum absolute atomic E-state index is 0.304. The predicted octanol–water partition coefficient (Wildman–Crippen LogP) is 5.00. The maximum Gasteiger partial charge on any atom is 0.261 e. The molecule has 0 saturated carbocycles. The second-order valence-electron chi connectivity index (χ2n) is 5.39. The monoisotopic (exact) mass is 344 g/mol. The van der Waals surface area contributed by atoms with Crippen LogP contribution in [0, 0.1) is 19.7 Å². The third-order valence-corrected chi connectivity index (χ3v) is 4.04. The standard InChI is InChI=1S/C18H14ClFN2O2/c1-10-3-8-14(9-15(10)19)21-18(23)16-11(2)24-22-17(16)12-4-6-13(20)7-5-12/h3-9H,1-2H3,(H,21,23). The molecule has 0 aliphatic rings. The zero-order valence-corrected chi connectivity index (χ0v) is 13.8. The number of aromatic nitrogens is 1. The van der Waals surface area contributed by atoms with Crippen molar-refractivity contribution in [3.05, 3.63) is 70.2 Å². The fraction of sp³-hybridized carbons (Fsp3) is 0.111. The molecule has 6 heteroatoms. The van der Waals surface area contributed by atoms with Gasteiger partial charge >= 0.3 is 0 Å². The molecule has 0 radical (unpaired) electrons. The van der Waals surface area contributed by atoms with Crippen molar-refractivity contribution in [3.8, 4) is 11.3 Å². The zero-order chi connectivity index (χ0) is 17.3. The first kappa shape index (κ1) is 16.2. The highest BCUT2D eigenvalue weighted by atomic mass is 35.5. The van der Waals surface area contributed by atoms with Crippen molar-refractivity contribution < 1.29 is 13.7 Å². The molecule has 0 bridgehead atoms. The van der Waals surface area contributed by atoms with E-state index in [-0.39, 0.29) is 11.7 Å². The fourth-order valence-corrected chi connectivity index (χ4v) is 2.49. The van der Waals surface area contributed by atoms with Crippen LogP contribution in [0.25, 0.3) is 11.3 Å². The van der Waals surface area contributed by atoms with Gasteiger partial charge in [0.15, 0.2) is 0 Å². The summed E-state index contributed by atoms with van der Waals surface area (Å²) in [5, 5.41) is 7.27. The summed E-state index contributed by atoms with van der Waals surface area (Å²) in [7, 11) is 0. The highest BCUT2D eigenvalue weighted by Crippen LogP contribution is 2.27. The molecule has 1 aromatic heterocycles. The molecule has 24 heavy (non-hydrogen) atoms. The number of carbonyl (C=O) groups excluding carboxylic acids is 1. The summed E-state index contributed by atoms with van der Waals surface area (Å²) in [6.07, 6.45) is 0. The number of hydrogen-bond donors (Lipinski definition) is 1. The summed E-state index contributed by atoms with van der Waals surface area (Å²) in [6, 6.07) is 11.0. The normalized spacial score (nSPS) is 10.7. The van der Waals surface area contributed by atoms with Crippen LogP contribution in [0.1, 0.15) is 21.7 Å². The summed E-state index contributed by atoms with van der Waals surface area (Å²) < 4.78 is 18.2. The molecule has 122 valence electrons. The van der Waals surface area contributed by atoms with E-state index in [1.54, 1.807) is 31.2 Å². The minimum atomic E-state index is -0.368. The molecule has 3 rings (SSSR count). The second-order valence-corrected chi connectivity index (χ2v) is 5.79. The lowest BCUT2D eigenvalue weighted by atomic mass is 10.1. The molecule has 0 aliphatic carbocycles. The van der Waals surface area contributed by atoms with Crippen molar-refractivity contribution in [3.63, 3.8) is 0 Å². The van der Waals surface area contributed by atoms with Crippen LogP contribution in [0.15, 0.2) is 47.0 Å². The van der Waals surface area contributed by atoms with Gasteiger partial charge < -0.3 is 9.84 Å². The van der Waals surface area contributed by atoms with Crippen LogP contribution >= 0.6 is 11.6 Å². The van der Waals surface area contributed by atoms with E-state index in [1.807, 2.05) is 13.0 Å². The van der Waals surface area contributed by atoms with E-state index in [2.05, 4.69) is 10.5 Å². The number of amides is 1. The fourth-order valence-electron chi connectivity index (χ4n) is 2.31. The highest BCUT2D eigenvalue weighted by molar-refractivity contribution is 6.31. The molecule has 1 amide bonds. The Hall–Kier alpha value is -2.66. The largest absolute Gasteiger partial charge is 0.360 e. The number of nitrogens with one attached hydrogen (secondary N) is 1. The van der Waals surface area contributed by atoms with Gasteiger partial charge in [0.2, 0.25) is 0 Å². The van der Waals surface area contributed by atoms with Gasteiger partial charge in [-0.25, -0.2) is 4.39 Å². The van der Waals surface area contributed by atoms with E-state index in [9.17, 15) is 9.18 Å². The Morgan fingerprint density at radius 3 is 2.54 bits per heavy atom. The lowest BCUT2D eigenvalue weighted by Gasteiger charge is -2.07. The molecule has 3 aromatic rings. The SMILES string of the molecule is Cc1ccc(NC(=O)c2c(-c3ccc(F)cc3)noc2C)cc1Cl. The average Bonchev–Trinajstić information content (AvgIpc) is 2.93. The van der Waals surface area contributed by atoms with Gasteiger partial charge in [-0.3, -0.25) is 4.79 Å². The third kappa shape index (κ3) is 3.16. The Labute approximate surface area is 143 Å². The van der Waals surface area contributed by atoms with E-state index in [4.69, 9.17) is 16.1 Å². The van der Waals surface area contributed by atoms with Crippen molar-refractivity contribution >= 4 is 23.2 Å². The van der Waals surface area contributed by atoms with Crippen LogP contribution in [-0.2, 0) is 0 Å². The molecule has 1 N–H and O–H groups in total. The van der Waals surface area contributed by atoms with E-state index in [0.717, 1.165) is 5.56 Å². The van der Waals surface area contributed by atoms with Gasteiger partial charge in [0.25, 0.3) is 5.91 Å². The number of carbonyl (C=O) groups is 1. The number of anilines is 1. The van der Waals surface area contributed by atoms with E-state index in [0.29, 0.717) is 33.3 Å². The Morgan fingerprint density at radius 2 is 1.88 bits per heavy atom. The van der Waals surface area contributed by atoms with Gasteiger partial charge in [-0.1, -0.05) is 22.8 Å². The molecule has 4 nitrogen and oxygen atoms in total. The number of benzene rings is 2. The predicted molar refractivity (Wildman–Crippen MR) is 90.8 cm³/mol. The number of halogens is 2. The Bertz CT molecular complexity index is 904. The van der Waals surface area contributed by atoms with Gasteiger partial charge in [-0.05, 0) is 55.8 Å². The maximum absolute atomic E-state index is 13.1. The van der Waals surface area contributed by atoms with Crippen molar-refractivity contribution in [2.45, 2.75) is 13.8 Å². The summed E-state index contributed by atoms with van der Waals surface area (Å²) in [5.74, 6) is -0.350. The minimum Gasteiger partial charge on any atom is -0.360 e. The van der Waals surface area contributed by atoms with Crippen molar-refractivity contribution in [1.82, 2.24) is 5.16 Å². The lowest BCUT2D eigenvalue weighted by Crippen LogP contribution is -2.13. The van der Waals surface area contributed by atoms with Crippen LogP contribution in [0.4, 0.5) is 10.1 Å². The molecule has 0 spiro atoms. The summed E-state index contributed by atoms with van der Waals surface area (Å²) >= 11 is 6.08. The van der Waals surface area contributed by atoms with Crippen LogP contribution in [-0.4, -0.2) is 11.1 Å². The molecule has 0 unspecified atom stereocenters. The molecule has 0 saturated heterocycles. The van der Waals surface area contributed by atoms with Gasteiger partial charge in [-0.15, -0.1) is 0 Å². The number of rotatable bonds is 3. The number of aryl methyl sites for hydroxylation is 2. The quantitative estimate of drug-likeness (QED) is 0.727. The molecular formula is C18H14ClFN2O2. The molecule has 2 aromatic carbocycles. The maximum atomic E-state index is 13.1. The first-order chi connectivity index (χ1) is 11.5. The van der Waals surface area contributed by atoms with Gasteiger partial charge in [-0.2, -0.15) is 0 Å². The molecule has 0 aliphatic heterocycles. The Kier molecular flexibility index (Phi) is 4.36. The van der Waals surface area contributed by atoms with Crippen LogP contribution in [0.3, 0.4) is 0 Å². The second kappa shape index (κ2) is 6.45. The van der Waals surface area contributed by atoms with Crippen LogP contribution in [0.2, 0.25) is 5.02 Å². The summed E-state index contributed by atoms with van der Waals surface area (Å²) in [4.78, 5) is 12.6. The van der Waals surface area contributed by atoms with E-state index < -0.39 is 0 Å². The van der Waals surface area contributed by atoms with Gasteiger partial charge in [0.1, 0.15) is 22.8 Å². The van der Waals surface area contributed by atoms with E-state index in [1.165, 1.54) is 12.1 Å².